The monoisotopic (exact) mass is 169 g/mol. The summed E-state index contributed by atoms with van der Waals surface area (Å²) in [6.45, 7) is 0.880. The highest BCUT2D eigenvalue weighted by Gasteiger charge is 2.39. The minimum atomic E-state index is 0.766. The Bertz CT molecular complexity index is 146. The smallest absolute Gasteiger partial charge is 0.0250 e. The lowest BCUT2D eigenvalue weighted by atomic mass is 9.92. The summed E-state index contributed by atoms with van der Waals surface area (Å²) >= 11 is 0. The number of fused-ring (bicyclic) bond motifs is 2. The average molecular weight is 169 g/mol. The van der Waals surface area contributed by atoms with Crippen molar-refractivity contribution in [1.82, 2.24) is 10.4 Å². The molecule has 0 amide bonds. The van der Waals surface area contributed by atoms with Crippen molar-refractivity contribution in [3.63, 3.8) is 0 Å². The van der Waals surface area contributed by atoms with Crippen molar-refractivity contribution in [2.75, 3.05) is 13.6 Å². The van der Waals surface area contributed by atoms with Gasteiger partial charge in [0.2, 0.25) is 0 Å². The first kappa shape index (κ1) is 8.48. The Morgan fingerprint density at radius 2 is 1.92 bits per heavy atom. The molecular weight excluding hydrogens is 150 g/mol. The molecule has 2 aliphatic heterocycles. The van der Waals surface area contributed by atoms with Crippen molar-refractivity contribution in [3.8, 4) is 0 Å². The molecule has 2 unspecified atom stereocenters. The summed E-state index contributed by atoms with van der Waals surface area (Å²) in [6.07, 6.45) is 5.33. The fraction of sp³-hybridized carbons (Fsp3) is 1.00. The maximum Gasteiger partial charge on any atom is 0.0250 e. The number of nitrogens with two attached hydrogens (primary N) is 1. The van der Waals surface area contributed by atoms with Crippen LogP contribution in [0, 0.1) is 5.92 Å². The summed E-state index contributed by atoms with van der Waals surface area (Å²) in [5.74, 6) is 0.784. The molecule has 0 aromatic carbocycles. The minimum Gasteiger partial charge on any atom is -0.330 e. The van der Waals surface area contributed by atoms with E-state index in [2.05, 4.69) is 10.4 Å². The van der Waals surface area contributed by atoms with E-state index in [1.165, 1.54) is 25.7 Å². The predicted molar refractivity (Wildman–Crippen MR) is 49.5 cm³/mol. The van der Waals surface area contributed by atoms with Crippen LogP contribution >= 0.6 is 0 Å². The van der Waals surface area contributed by atoms with Crippen LogP contribution in [-0.2, 0) is 0 Å². The molecule has 2 saturated heterocycles. The number of hydrogen-bond donors (Lipinski definition) is 2. The summed E-state index contributed by atoms with van der Waals surface area (Å²) < 4.78 is 0. The van der Waals surface area contributed by atoms with Crippen molar-refractivity contribution >= 4 is 0 Å². The van der Waals surface area contributed by atoms with Gasteiger partial charge in [0.15, 0.2) is 0 Å². The molecule has 70 valence electrons. The van der Waals surface area contributed by atoms with Crippen molar-refractivity contribution < 1.29 is 0 Å². The zero-order valence-corrected chi connectivity index (χ0v) is 7.79. The number of nitrogens with one attached hydrogen (secondary N) is 1. The third-order valence-electron chi connectivity index (χ3n) is 3.42. The third-order valence-corrected chi connectivity index (χ3v) is 3.42. The highest BCUT2D eigenvalue weighted by Crippen LogP contribution is 2.36. The van der Waals surface area contributed by atoms with Gasteiger partial charge in [0, 0.05) is 12.1 Å². The van der Waals surface area contributed by atoms with Crippen LogP contribution in [-0.4, -0.2) is 30.7 Å². The Labute approximate surface area is 74.3 Å². The summed E-state index contributed by atoms with van der Waals surface area (Å²) in [5, 5.41) is 2.44. The third kappa shape index (κ3) is 1.26. The summed E-state index contributed by atoms with van der Waals surface area (Å²) in [5.41, 5.74) is 9.01. The van der Waals surface area contributed by atoms with Gasteiger partial charge < -0.3 is 5.73 Å². The van der Waals surface area contributed by atoms with Crippen molar-refractivity contribution in [1.29, 1.82) is 0 Å². The largest absolute Gasteiger partial charge is 0.330 e. The lowest BCUT2D eigenvalue weighted by Gasteiger charge is -2.37. The van der Waals surface area contributed by atoms with E-state index in [4.69, 9.17) is 5.73 Å². The topological polar surface area (TPSA) is 41.3 Å². The normalized spacial score (nSPS) is 42.0. The van der Waals surface area contributed by atoms with Gasteiger partial charge in [-0.15, -0.1) is 0 Å². The molecule has 12 heavy (non-hydrogen) atoms. The van der Waals surface area contributed by atoms with Crippen LogP contribution in [0.15, 0.2) is 0 Å². The first-order valence-corrected chi connectivity index (χ1v) is 5.01. The maximum atomic E-state index is 5.70. The SMILES string of the molecule is CNN1C2CCC1CC(CN)C2. The molecule has 3 N–H and O–H groups in total. The second-order valence-corrected chi connectivity index (χ2v) is 4.09. The second-order valence-electron chi connectivity index (χ2n) is 4.09. The number of nitrogens with zero attached hydrogens (tertiary/aromatic N) is 1. The van der Waals surface area contributed by atoms with Gasteiger partial charge in [-0.1, -0.05) is 0 Å². The zero-order chi connectivity index (χ0) is 8.55. The van der Waals surface area contributed by atoms with E-state index < -0.39 is 0 Å². The quantitative estimate of drug-likeness (QED) is 0.625. The number of piperidine rings is 1. The van der Waals surface area contributed by atoms with Crippen LogP contribution in [0.1, 0.15) is 25.7 Å². The highest BCUT2D eigenvalue weighted by molar-refractivity contribution is 4.93. The number of rotatable bonds is 2. The van der Waals surface area contributed by atoms with E-state index in [1.807, 2.05) is 7.05 Å². The van der Waals surface area contributed by atoms with Crippen molar-refractivity contribution in [3.05, 3.63) is 0 Å². The Morgan fingerprint density at radius 1 is 1.33 bits per heavy atom. The van der Waals surface area contributed by atoms with Crippen LogP contribution < -0.4 is 11.2 Å². The Hall–Kier alpha value is -0.120. The predicted octanol–water partition coefficient (Wildman–Crippen LogP) is 0.323. The van der Waals surface area contributed by atoms with E-state index in [0.717, 1.165) is 24.5 Å². The summed E-state index contributed by atoms with van der Waals surface area (Å²) in [6, 6.07) is 1.53. The summed E-state index contributed by atoms with van der Waals surface area (Å²) in [4.78, 5) is 0. The Balaban J connectivity index is 2.01. The molecule has 0 saturated carbocycles. The van der Waals surface area contributed by atoms with Gasteiger partial charge in [-0.05, 0) is 45.2 Å². The fourth-order valence-electron chi connectivity index (χ4n) is 2.85. The molecule has 0 radical (unpaired) electrons. The van der Waals surface area contributed by atoms with Gasteiger partial charge in [-0.3, -0.25) is 5.43 Å². The first-order valence-electron chi connectivity index (χ1n) is 5.01. The molecule has 2 heterocycles. The molecule has 2 fully saturated rings. The second kappa shape index (κ2) is 3.32. The number of hydrazine groups is 1. The van der Waals surface area contributed by atoms with Crippen LogP contribution in [0.4, 0.5) is 0 Å². The van der Waals surface area contributed by atoms with Crippen molar-refractivity contribution in [2.45, 2.75) is 37.8 Å². The van der Waals surface area contributed by atoms with Crippen molar-refractivity contribution in [2.24, 2.45) is 11.7 Å². The molecule has 0 aromatic rings. The van der Waals surface area contributed by atoms with Crippen LogP contribution in [0.3, 0.4) is 0 Å². The van der Waals surface area contributed by atoms with Crippen LogP contribution in [0.2, 0.25) is 0 Å². The molecule has 2 rings (SSSR count). The van der Waals surface area contributed by atoms with E-state index in [0.29, 0.717) is 0 Å². The summed E-state index contributed by atoms with van der Waals surface area (Å²) in [7, 11) is 2.04. The van der Waals surface area contributed by atoms with Crippen LogP contribution in [0.25, 0.3) is 0 Å². The standard InChI is InChI=1S/C9H19N3/c1-11-12-8-2-3-9(12)5-7(4-8)6-10/h7-9,11H,2-6,10H2,1H3. The average Bonchev–Trinajstić information content (AvgIpc) is 2.35. The Kier molecular flexibility index (Phi) is 2.35. The van der Waals surface area contributed by atoms with Crippen LogP contribution in [0.5, 0.6) is 0 Å². The van der Waals surface area contributed by atoms with Gasteiger partial charge in [-0.25, -0.2) is 5.01 Å². The lowest BCUT2D eigenvalue weighted by molar-refractivity contribution is 0.0635. The zero-order valence-electron chi connectivity index (χ0n) is 7.79. The van der Waals surface area contributed by atoms with Gasteiger partial charge in [0.1, 0.15) is 0 Å². The van der Waals surface area contributed by atoms with Gasteiger partial charge in [0.05, 0.1) is 0 Å². The van der Waals surface area contributed by atoms with E-state index in [-0.39, 0.29) is 0 Å². The molecule has 2 bridgehead atoms. The lowest BCUT2D eigenvalue weighted by Crippen LogP contribution is -2.50. The molecular formula is C9H19N3. The van der Waals surface area contributed by atoms with Gasteiger partial charge in [-0.2, -0.15) is 0 Å². The van der Waals surface area contributed by atoms with Gasteiger partial charge in [0.25, 0.3) is 0 Å². The van der Waals surface area contributed by atoms with Gasteiger partial charge >= 0.3 is 0 Å². The fourth-order valence-corrected chi connectivity index (χ4v) is 2.85. The molecule has 0 spiro atoms. The molecule has 3 heteroatoms. The molecule has 0 aromatic heterocycles. The Morgan fingerprint density at radius 3 is 2.33 bits per heavy atom. The number of hydrogen-bond acceptors (Lipinski definition) is 3. The van der Waals surface area contributed by atoms with E-state index in [1.54, 1.807) is 0 Å². The first-order chi connectivity index (χ1) is 5.85. The minimum absolute atomic E-state index is 0.766. The molecule has 2 aliphatic rings. The maximum absolute atomic E-state index is 5.70. The molecule has 0 aliphatic carbocycles. The van der Waals surface area contributed by atoms with E-state index in [9.17, 15) is 0 Å². The molecule has 2 atom stereocenters. The highest BCUT2D eigenvalue weighted by atomic mass is 15.5. The van der Waals surface area contributed by atoms with E-state index >= 15 is 0 Å². The molecule has 3 nitrogen and oxygen atoms in total.